The summed E-state index contributed by atoms with van der Waals surface area (Å²) < 4.78 is 5.31. The third-order valence-corrected chi connectivity index (χ3v) is 4.67. The van der Waals surface area contributed by atoms with Crippen LogP contribution in [0.2, 0.25) is 10.0 Å². The van der Waals surface area contributed by atoms with E-state index < -0.39 is 0 Å². The molecular formula is C15H13Cl2N3O. The fourth-order valence-electron chi connectivity index (χ4n) is 2.64. The second kappa shape index (κ2) is 5.01. The van der Waals surface area contributed by atoms with Crippen LogP contribution in [0.3, 0.4) is 0 Å². The molecule has 0 aliphatic heterocycles. The van der Waals surface area contributed by atoms with Gasteiger partial charge in [-0.15, -0.1) is 0 Å². The van der Waals surface area contributed by atoms with Crippen LogP contribution in [0, 0.1) is 22.7 Å². The number of nitrogens with zero attached hydrogens (tertiary/aromatic N) is 3. The normalized spacial score (nSPS) is 22.8. The molecule has 3 rings (SSSR count). The van der Waals surface area contributed by atoms with E-state index in [0.29, 0.717) is 28.2 Å². The third kappa shape index (κ3) is 2.52. The molecule has 1 aliphatic rings. The number of hydrogen-bond donors (Lipinski definition) is 0. The Labute approximate surface area is 132 Å². The lowest BCUT2D eigenvalue weighted by atomic mass is 10.1. The topological polar surface area (TPSA) is 62.7 Å². The Morgan fingerprint density at radius 2 is 2.14 bits per heavy atom. The van der Waals surface area contributed by atoms with Crippen molar-refractivity contribution in [2.75, 3.05) is 0 Å². The predicted octanol–water partition coefficient (Wildman–Crippen LogP) is 4.23. The van der Waals surface area contributed by atoms with E-state index in [4.69, 9.17) is 33.0 Å². The van der Waals surface area contributed by atoms with Crippen molar-refractivity contribution in [1.82, 2.24) is 10.1 Å². The van der Waals surface area contributed by atoms with E-state index in [1.807, 2.05) is 19.9 Å². The van der Waals surface area contributed by atoms with Crippen molar-refractivity contribution in [1.29, 1.82) is 5.26 Å². The van der Waals surface area contributed by atoms with Crippen LogP contribution >= 0.6 is 23.2 Å². The molecule has 0 amide bonds. The molecule has 1 aromatic heterocycles. The highest BCUT2D eigenvalue weighted by atomic mass is 35.5. The molecule has 1 fully saturated rings. The van der Waals surface area contributed by atoms with Crippen LogP contribution in [0.1, 0.15) is 37.0 Å². The molecule has 2 atom stereocenters. The van der Waals surface area contributed by atoms with Gasteiger partial charge < -0.3 is 4.52 Å². The van der Waals surface area contributed by atoms with Crippen molar-refractivity contribution in [2.45, 2.75) is 26.2 Å². The zero-order valence-corrected chi connectivity index (χ0v) is 13.1. The van der Waals surface area contributed by atoms with Crippen molar-refractivity contribution in [3.63, 3.8) is 0 Å². The van der Waals surface area contributed by atoms with E-state index in [1.165, 1.54) is 0 Å². The summed E-state index contributed by atoms with van der Waals surface area (Å²) in [5, 5.41) is 14.3. The van der Waals surface area contributed by atoms with Crippen LogP contribution in [0.4, 0.5) is 0 Å². The van der Waals surface area contributed by atoms with Crippen molar-refractivity contribution < 1.29 is 4.52 Å². The highest BCUT2D eigenvalue weighted by molar-refractivity contribution is 6.35. The Bertz CT molecular complexity index is 733. The van der Waals surface area contributed by atoms with Gasteiger partial charge in [0.05, 0.1) is 17.9 Å². The number of aromatic nitrogens is 2. The van der Waals surface area contributed by atoms with E-state index in [-0.39, 0.29) is 17.3 Å². The second-order valence-corrected chi connectivity index (χ2v) is 6.71. The minimum Gasteiger partial charge on any atom is -0.339 e. The number of hydrogen-bond acceptors (Lipinski definition) is 4. The van der Waals surface area contributed by atoms with E-state index in [2.05, 4.69) is 16.2 Å². The van der Waals surface area contributed by atoms with Gasteiger partial charge in [-0.1, -0.05) is 48.3 Å². The highest BCUT2D eigenvalue weighted by Gasteiger charge is 2.62. The first-order chi connectivity index (χ1) is 9.93. The molecule has 1 aliphatic carbocycles. The summed E-state index contributed by atoms with van der Waals surface area (Å²) in [6, 6.07) is 7.60. The Morgan fingerprint density at radius 3 is 2.76 bits per heavy atom. The van der Waals surface area contributed by atoms with Crippen molar-refractivity contribution in [3.8, 4) is 6.07 Å². The van der Waals surface area contributed by atoms with Gasteiger partial charge in [-0.2, -0.15) is 10.2 Å². The molecule has 0 N–H and O–H groups in total. The van der Waals surface area contributed by atoms with Crippen molar-refractivity contribution in [3.05, 3.63) is 45.5 Å². The molecule has 108 valence electrons. The molecule has 1 saturated carbocycles. The average Bonchev–Trinajstić information content (AvgIpc) is 2.77. The quantitative estimate of drug-likeness (QED) is 0.848. The lowest BCUT2D eigenvalue weighted by Crippen LogP contribution is -1.93. The molecule has 0 radical (unpaired) electrons. The smallest absolute Gasteiger partial charge is 0.231 e. The van der Waals surface area contributed by atoms with Gasteiger partial charge in [-0.25, -0.2) is 0 Å². The molecule has 1 aromatic carbocycles. The summed E-state index contributed by atoms with van der Waals surface area (Å²) in [5.41, 5.74) is 0.788. The van der Waals surface area contributed by atoms with Gasteiger partial charge in [-0.3, -0.25) is 0 Å². The molecule has 2 unspecified atom stereocenters. The highest BCUT2D eigenvalue weighted by Crippen LogP contribution is 2.63. The summed E-state index contributed by atoms with van der Waals surface area (Å²) in [5.74, 6) is 1.05. The molecule has 0 saturated heterocycles. The number of halogens is 2. The number of benzene rings is 1. The average molecular weight is 322 g/mol. The van der Waals surface area contributed by atoms with Crippen LogP contribution in [-0.4, -0.2) is 10.1 Å². The third-order valence-electron chi connectivity index (χ3n) is 4.08. The van der Waals surface area contributed by atoms with Crippen LogP contribution in [-0.2, 0) is 6.42 Å². The summed E-state index contributed by atoms with van der Waals surface area (Å²) in [4.78, 5) is 4.40. The molecular weight excluding hydrogens is 309 g/mol. The minimum atomic E-state index is -0.101. The molecule has 0 spiro atoms. The Kier molecular flexibility index (Phi) is 3.43. The molecule has 6 heteroatoms. The van der Waals surface area contributed by atoms with Crippen molar-refractivity contribution in [2.24, 2.45) is 11.3 Å². The molecule has 1 heterocycles. The fraction of sp³-hybridized carbons (Fsp3) is 0.400. The number of rotatable bonds is 3. The monoisotopic (exact) mass is 321 g/mol. The van der Waals surface area contributed by atoms with Crippen molar-refractivity contribution >= 4 is 23.2 Å². The standard InChI is InChI=1S/C15H13Cl2N3O/c1-15(2)10(7-18)13(15)14-19-12(20-21-14)5-8-3-4-9(16)6-11(8)17/h3-4,6,10,13H,5H2,1-2H3. The van der Waals surface area contributed by atoms with Gasteiger partial charge in [0.2, 0.25) is 5.89 Å². The second-order valence-electron chi connectivity index (χ2n) is 5.87. The first-order valence-electron chi connectivity index (χ1n) is 6.59. The first-order valence-corrected chi connectivity index (χ1v) is 7.35. The van der Waals surface area contributed by atoms with Gasteiger partial charge in [0.25, 0.3) is 0 Å². The first kappa shape index (κ1) is 14.4. The Balaban J connectivity index is 1.79. The molecule has 0 bridgehead atoms. The van der Waals surface area contributed by atoms with Crippen LogP contribution in [0.5, 0.6) is 0 Å². The van der Waals surface area contributed by atoms with Gasteiger partial charge >= 0.3 is 0 Å². The van der Waals surface area contributed by atoms with E-state index in [0.717, 1.165) is 5.56 Å². The summed E-state index contributed by atoms with van der Waals surface area (Å²) in [6.45, 7) is 4.07. The zero-order chi connectivity index (χ0) is 15.2. The number of nitriles is 1. The lowest BCUT2D eigenvalue weighted by Gasteiger charge is -2.00. The van der Waals surface area contributed by atoms with Gasteiger partial charge in [0.15, 0.2) is 5.82 Å². The lowest BCUT2D eigenvalue weighted by molar-refractivity contribution is 0.363. The van der Waals surface area contributed by atoms with E-state index in [1.54, 1.807) is 12.1 Å². The maximum atomic E-state index is 9.11. The molecule has 4 nitrogen and oxygen atoms in total. The maximum Gasteiger partial charge on any atom is 0.231 e. The van der Waals surface area contributed by atoms with E-state index >= 15 is 0 Å². The Morgan fingerprint density at radius 1 is 1.38 bits per heavy atom. The van der Waals surface area contributed by atoms with Crippen LogP contribution in [0.15, 0.2) is 22.7 Å². The summed E-state index contributed by atoms with van der Waals surface area (Å²) in [7, 11) is 0. The Hall–Kier alpha value is -1.57. The van der Waals surface area contributed by atoms with Gasteiger partial charge in [0.1, 0.15) is 0 Å². The minimum absolute atomic E-state index is 0.0180. The fourth-order valence-corrected chi connectivity index (χ4v) is 3.12. The summed E-state index contributed by atoms with van der Waals surface area (Å²) >= 11 is 12.0. The van der Waals surface area contributed by atoms with Crippen LogP contribution < -0.4 is 0 Å². The zero-order valence-electron chi connectivity index (χ0n) is 11.6. The maximum absolute atomic E-state index is 9.11. The largest absolute Gasteiger partial charge is 0.339 e. The molecule has 21 heavy (non-hydrogen) atoms. The summed E-state index contributed by atoms with van der Waals surface area (Å²) in [6.07, 6.45) is 0.476. The predicted molar refractivity (Wildman–Crippen MR) is 79.2 cm³/mol. The van der Waals surface area contributed by atoms with Crippen LogP contribution in [0.25, 0.3) is 0 Å². The van der Waals surface area contributed by atoms with E-state index in [9.17, 15) is 0 Å². The van der Waals surface area contributed by atoms with Gasteiger partial charge in [-0.05, 0) is 23.1 Å². The molecule has 2 aromatic rings. The SMILES string of the molecule is CC1(C)C(C#N)C1c1nc(Cc2ccc(Cl)cc2Cl)no1. The van der Waals surface area contributed by atoms with Gasteiger partial charge in [0, 0.05) is 16.5 Å².